The van der Waals surface area contributed by atoms with Gasteiger partial charge in [-0.25, -0.2) is 0 Å². The molecule has 5 nitrogen and oxygen atoms in total. The third-order valence-corrected chi connectivity index (χ3v) is 5.82. The van der Waals surface area contributed by atoms with Crippen LogP contribution < -0.4 is 15.0 Å². The molecule has 1 saturated heterocycles. The summed E-state index contributed by atoms with van der Waals surface area (Å²) in [6, 6.07) is 22.1. The van der Waals surface area contributed by atoms with Gasteiger partial charge in [-0.05, 0) is 48.0 Å². The van der Waals surface area contributed by atoms with Gasteiger partial charge < -0.3 is 15.0 Å². The lowest BCUT2D eigenvalue weighted by Crippen LogP contribution is -2.28. The summed E-state index contributed by atoms with van der Waals surface area (Å²) in [5.74, 6) is -0.0478. The second-order valence-corrected chi connectivity index (χ2v) is 8.11. The number of benzene rings is 3. The van der Waals surface area contributed by atoms with Gasteiger partial charge >= 0.3 is 0 Å². The maximum atomic E-state index is 12.6. The van der Waals surface area contributed by atoms with Gasteiger partial charge in [0.2, 0.25) is 11.8 Å². The van der Waals surface area contributed by atoms with Crippen molar-refractivity contribution in [2.45, 2.75) is 13.0 Å². The molecule has 4 rings (SSSR count). The van der Waals surface area contributed by atoms with Gasteiger partial charge in [-0.15, -0.1) is 0 Å². The van der Waals surface area contributed by atoms with Gasteiger partial charge in [0.1, 0.15) is 12.4 Å². The van der Waals surface area contributed by atoms with Gasteiger partial charge in [-0.1, -0.05) is 53.5 Å². The Bertz CT molecular complexity index is 1090. The van der Waals surface area contributed by atoms with E-state index in [2.05, 4.69) is 5.32 Å². The van der Waals surface area contributed by atoms with Crippen molar-refractivity contribution in [2.24, 2.45) is 5.92 Å². The van der Waals surface area contributed by atoms with Crippen molar-refractivity contribution in [3.05, 3.63) is 88.4 Å². The Labute approximate surface area is 190 Å². The maximum absolute atomic E-state index is 12.6. The lowest BCUT2D eigenvalue weighted by Gasteiger charge is -2.17. The number of hydrogen-bond donors (Lipinski definition) is 1. The van der Waals surface area contributed by atoms with Gasteiger partial charge in [0.25, 0.3) is 0 Å². The molecule has 0 bridgehead atoms. The van der Waals surface area contributed by atoms with Crippen LogP contribution in [-0.4, -0.2) is 18.4 Å². The van der Waals surface area contributed by atoms with Crippen molar-refractivity contribution in [1.29, 1.82) is 0 Å². The molecule has 0 aliphatic carbocycles. The summed E-state index contributed by atoms with van der Waals surface area (Å²) in [6.07, 6.45) is 0.152. The molecule has 3 aromatic rings. The van der Waals surface area contributed by atoms with Crippen LogP contribution in [0.1, 0.15) is 12.0 Å². The van der Waals surface area contributed by atoms with Crippen molar-refractivity contribution < 1.29 is 14.3 Å². The first kappa shape index (κ1) is 21.2. The van der Waals surface area contributed by atoms with Crippen molar-refractivity contribution in [3.8, 4) is 5.75 Å². The number of nitrogens with one attached hydrogen (secondary N) is 1. The molecule has 0 radical (unpaired) electrons. The molecule has 1 aliphatic heterocycles. The second kappa shape index (κ2) is 9.41. The Morgan fingerprint density at radius 3 is 2.45 bits per heavy atom. The summed E-state index contributed by atoms with van der Waals surface area (Å²) in [5.41, 5.74) is 2.37. The number of ether oxygens (including phenoxy) is 1. The standard InChI is InChI=1S/C24H20Cl2N2O3/c25-21-11-6-18(13-22(21)26)27-24(30)17-12-23(29)28(14-17)19-7-9-20(10-8-19)31-15-16-4-2-1-3-5-16/h1-11,13,17H,12,14-15H2,(H,27,30). The monoisotopic (exact) mass is 454 g/mol. The molecule has 1 aliphatic rings. The Hall–Kier alpha value is -3.02. The van der Waals surface area contributed by atoms with Gasteiger partial charge in [0, 0.05) is 24.3 Å². The number of halogens is 2. The van der Waals surface area contributed by atoms with Gasteiger partial charge in [-0.2, -0.15) is 0 Å². The Balaban J connectivity index is 1.36. The minimum atomic E-state index is -0.448. The summed E-state index contributed by atoms with van der Waals surface area (Å²) in [5, 5.41) is 3.58. The Kier molecular flexibility index (Phi) is 6.44. The zero-order valence-electron chi connectivity index (χ0n) is 16.6. The van der Waals surface area contributed by atoms with Crippen molar-refractivity contribution in [3.63, 3.8) is 0 Å². The molecule has 1 unspecified atom stereocenters. The lowest BCUT2D eigenvalue weighted by atomic mass is 10.1. The summed E-state index contributed by atoms with van der Waals surface area (Å²) < 4.78 is 5.79. The van der Waals surface area contributed by atoms with Gasteiger partial charge in [0.15, 0.2) is 0 Å². The first-order valence-corrected chi connectivity index (χ1v) is 10.6. The van der Waals surface area contributed by atoms with Crippen LogP contribution in [0.3, 0.4) is 0 Å². The predicted octanol–water partition coefficient (Wildman–Crippen LogP) is 5.56. The molecular formula is C24H20Cl2N2O3. The average Bonchev–Trinajstić information content (AvgIpc) is 3.18. The third-order valence-electron chi connectivity index (χ3n) is 5.08. The van der Waals surface area contributed by atoms with E-state index in [4.69, 9.17) is 27.9 Å². The summed E-state index contributed by atoms with van der Waals surface area (Å²) in [6.45, 7) is 0.788. The molecule has 1 N–H and O–H groups in total. The Morgan fingerprint density at radius 2 is 1.74 bits per heavy atom. The number of amides is 2. The highest BCUT2D eigenvalue weighted by atomic mass is 35.5. The zero-order chi connectivity index (χ0) is 21.8. The van der Waals surface area contributed by atoms with E-state index in [9.17, 15) is 9.59 Å². The normalized spacial score (nSPS) is 15.7. The van der Waals surface area contributed by atoms with Crippen LogP contribution in [0.15, 0.2) is 72.8 Å². The fourth-order valence-corrected chi connectivity index (χ4v) is 3.71. The molecule has 2 amide bonds. The highest BCUT2D eigenvalue weighted by molar-refractivity contribution is 6.42. The number of carbonyl (C=O) groups excluding carboxylic acids is 2. The van der Waals surface area contributed by atoms with E-state index in [-0.39, 0.29) is 18.2 Å². The highest BCUT2D eigenvalue weighted by Crippen LogP contribution is 2.29. The topological polar surface area (TPSA) is 58.6 Å². The van der Waals surface area contributed by atoms with Crippen molar-refractivity contribution in [2.75, 3.05) is 16.8 Å². The first-order valence-electron chi connectivity index (χ1n) is 9.82. The van der Waals surface area contributed by atoms with Crippen molar-refractivity contribution >= 4 is 46.4 Å². The zero-order valence-corrected chi connectivity index (χ0v) is 18.1. The number of nitrogens with zero attached hydrogens (tertiary/aromatic N) is 1. The SMILES string of the molecule is O=C(Nc1ccc(Cl)c(Cl)c1)C1CC(=O)N(c2ccc(OCc3ccccc3)cc2)C1. The van der Waals surface area contributed by atoms with E-state index < -0.39 is 5.92 Å². The first-order chi connectivity index (χ1) is 15.0. The molecule has 31 heavy (non-hydrogen) atoms. The minimum absolute atomic E-state index is 0.0905. The number of hydrogen-bond acceptors (Lipinski definition) is 3. The van der Waals surface area contributed by atoms with Crippen LogP contribution >= 0.6 is 23.2 Å². The lowest BCUT2D eigenvalue weighted by molar-refractivity contribution is -0.122. The van der Waals surface area contributed by atoms with Crippen LogP contribution in [0.5, 0.6) is 5.75 Å². The van der Waals surface area contributed by atoms with Crippen LogP contribution in [-0.2, 0) is 16.2 Å². The smallest absolute Gasteiger partial charge is 0.229 e. The fraction of sp³-hybridized carbons (Fsp3) is 0.167. The molecule has 158 valence electrons. The summed E-state index contributed by atoms with van der Waals surface area (Å²) >= 11 is 11.9. The van der Waals surface area contributed by atoms with Crippen LogP contribution in [0.25, 0.3) is 0 Å². The van der Waals surface area contributed by atoms with Crippen LogP contribution in [0, 0.1) is 5.92 Å². The van der Waals surface area contributed by atoms with Gasteiger partial charge in [0.05, 0.1) is 16.0 Å². The largest absolute Gasteiger partial charge is 0.489 e. The average molecular weight is 455 g/mol. The van der Waals surface area contributed by atoms with E-state index in [1.165, 1.54) is 0 Å². The maximum Gasteiger partial charge on any atom is 0.229 e. The molecule has 1 heterocycles. The molecule has 0 spiro atoms. The van der Waals surface area contributed by atoms with E-state index in [0.29, 0.717) is 34.6 Å². The van der Waals surface area contributed by atoms with E-state index >= 15 is 0 Å². The third kappa shape index (κ3) is 5.19. The summed E-state index contributed by atoms with van der Waals surface area (Å²) in [4.78, 5) is 26.8. The number of anilines is 2. The molecular weight excluding hydrogens is 435 g/mol. The Morgan fingerprint density at radius 1 is 1.00 bits per heavy atom. The molecule has 7 heteroatoms. The van der Waals surface area contributed by atoms with E-state index in [1.54, 1.807) is 23.1 Å². The number of carbonyl (C=O) groups is 2. The molecule has 0 aromatic heterocycles. The van der Waals surface area contributed by atoms with E-state index in [0.717, 1.165) is 11.3 Å². The molecule has 3 aromatic carbocycles. The quantitative estimate of drug-likeness (QED) is 0.529. The van der Waals surface area contributed by atoms with Gasteiger partial charge in [-0.3, -0.25) is 9.59 Å². The minimum Gasteiger partial charge on any atom is -0.489 e. The number of rotatable bonds is 6. The predicted molar refractivity (Wildman–Crippen MR) is 123 cm³/mol. The van der Waals surface area contributed by atoms with Crippen LogP contribution in [0.2, 0.25) is 10.0 Å². The van der Waals surface area contributed by atoms with Crippen molar-refractivity contribution in [1.82, 2.24) is 0 Å². The molecule has 0 saturated carbocycles. The molecule has 1 atom stereocenters. The second-order valence-electron chi connectivity index (χ2n) is 7.29. The summed E-state index contributed by atoms with van der Waals surface area (Å²) in [7, 11) is 0. The highest BCUT2D eigenvalue weighted by Gasteiger charge is 2.35. The van der Waals surface area contributed by atoms with Crippen LogP contribution in [0.4, 0.5) is 11.4 Å². The van der Waals surface area contributed by atoms with E-state index in [1.807, 2.05) is 54.6 Å². The fourth-order valence-electron chi connectivity index (χ4n) is 3.41. The molecule has 1 fully saturated rings.